The van der Waals surface area contributed by atoms with Crippen molar-refractivity contribution in [3.8, 4) is 28.0 Å². The van der Waals surface area contributed by atoms with Crippen LogP contribution in [-0.2, 0) is 12.5 Å². The highest BCUT2D eigenvalue weighted by molar-refractivity contribution is 5.71. The van der Waals surface area contributed by atoms with Gasteiger partial charge in [0.2, 0.25) is 0 Å². The number of hydrogen-bond donors (Lipinski definition) is 0. The number of hydrogen-bond acceptors (Lipinski definition) is 1. The highest BCUT2D eigenvalue weighted by Gasteiger charge is 2.41. The Kier molecular flexibility index (Phi) is 9.03. The number of unbranched alkanes of at least 4 members (excludes halogenated alkanes) is 1. The molecule has 0 unspecified atom stereocenters. The molecule has 0 aliphatic heterocycles. The Labute approximate surface area is 235 Å². The van der Waals surface area contributed by atoms with Crippen molar-refractivity contribution >= 4 is 6.08 Å². The molecule has 0 N–H and O–H groups in total. The molecule has 1 nitrogen and oxygen atoms in total. The van der Waals surface area contributed by atoms with Crippen molar-refractivity contribution < 1.29 is 44.3 Å². The Hall–Kier alpha value is -4.21. The number of allylic oxidation sites excluding steroid dienone is 1. The van der Waals surface area contributed by atoms with Gasteiger partial charge >= 0.3 is 12.3 Å². The fraction of sp³-hybridized carbons (Fsp3) is 0.188. The molecular formula is C32H23F9O. The maximum Gasteiger partial charge on any atom is 0.432 e. The monoisotopic (exact) mass is 594 g/mol. The van der Waals surface area contributed by atoms with Gasteiger partial charge in [-0.25, -0.2) is 17.6 Å². The Morgan fingerprint density at radius 1 is 0.643 bits per heavy atom. The maximum atomic E-state index is 14.8. The summed E-state index contributed by atoms with van der Waals surface area (Å²) in [5.74, 6) is -7.89. The third-order valence-electron chi connectivity index (χ3n) is 6.40. The molecule has 0 bridgehead atoms. The van der Waals surface area contributed by atoms with Gasteiger partial charge in [0, 0.05) is 23.8 Å². The lowest BCUT2D eigenvalue weighted by atomic mass is 9.98. The third-order valence-corrected chi connectivity index (χ3v) is 6.40. The topological polar surface area (TPSA) is 9.23 Å². The van der Waals surface area contributed by atoms with Gasteiger partial charge in [-0.3, -0.25) is 0 Å². The first-order valence-corrected chi connectivity index (χ1v) is 12.8. The summed E-state index contributed by atoms with van der Waals surface area (Å²) in [6, 6.07) is 16.2. The second kappa shape index (κ2) is 12.3. The van der Waals surface area contributed by atoms with Crippen LogP contribution in [0.15, 0.2) is 78.9 Å². The Morgan fingerprint density at radius 2 is 1.12 bits per heavy atom. The van der Waals surface area contributed by atoms with E-state index in [1.54, 1.807) is 24.3 Å². The highest BCUT2D eigenvalue weighted by atomic mass is 19.4. The average molecular weight is 595 g/mol. The zero-order valence-electron chi connectivity index (χ0n) is 22.0. The molecule has 4 aromatic carbocycles. The molecule has 220 valence electrons. The lowest BCUT2D eigenvalue weighted by Gasteiger charge is -2.20. The van der Waals surface area contributed by atoms with Crippen LogP contribution < -0.4 is 4.74 Å². The van der Waals surface area contributed by atoms with Crippen LogP contribution in [0, 0.1) is 23.3 Å². The number of ether oxygens (including phenoxy) is 1. The molecule has 0 aromatic heterocycles. The van der Waals surface area contributed by atoms with E-state index in [0.717, 1.165) is 30.4 Å². The van der Waals surface area contributed by atoms with Crippen molar-refractivity contribution in [2.24, 2.45) is 0 Å². The van der Waals surface area contributed by atoms with E-state index in [4.69, 9.17) is 0 Å². The van der Waals surface area contributed by atoms with Crippen molar-refractivity contribution in [3.05, 3.63) is 119 Å². The first-order valence-electron chi connectivity index (χ1n) is 12.8. The Bertz CT molecular complexity index is 1530. The van der Waals surface area contributed by atoms with E-state index >= 15 is 0 Å². The number of rotatable bonds is 9. The van der Waals surface area contributed by atoms with Crippen LogP contribution >= 0.6 is 0 Å². The summed E-state index contributed by atoms with van der Waals surface area (Å²) in [4.78, 5) is 0. The maximum absolute atomic E-state index is 14.8. The summed E-state index contributed by atoms with van der Waals surface area (Å²) in [6.45, 7) is 2.11. The smallest absolute Gasteiger partial charge is 0.429 e. The van der Waals surface area contributed by atoms with E-state index in [0.29, 0.717) is 17.7 Å². The first-order chi connectivity index (χ1) is 19.8. The molecule has 10 heteroatoms. The van der Waals surface area contributed by atoms with Crippen LogP contribution in [0.2, 0.25) is 0 Å². The number of alkyl halides is 5. The SMILES string of the molecule is CCCCc1ccc(-c2ccc(-c3cc(F)c(C(F)(F)Oc4cc(F)c(/C=C/C(F)(F)F)c(F)c4)c(F)c3)cc2)cc1. The van der Waals surface area contributed by atoms with Crippen LogP contribution in [0.3, 0.4) is 0 Å². The van der Waals surface area contributed by atoms with Crippen molar-refractivity contribution in [2.45, 2.75) is 38.5 Å². The van der Waals surface area contributed by atoms with Gasteiger partial charge in [-0.1, -0.05) is 61.9 Å². The summed E-state index contributed by atoms with van der Waals surface area (Å²) in [5, 5.41) is 0. The second-order valence-electron chi connectivity index (χ2n) is 9.49. The van der Waals surface area contributed by atoms with Crippen LogP contribution in [0.4, 0.5) is 39.5 Å². The molecule has 0 atom stereocenters. The standard InChI is InChI=1S/C32H23F9O/c1-2-3-4-19-5-7-20(8-6-19)21-9-11-22(12-10-21)23-15-28(35)30(29(36)16-23)32(40,41)42-24-17-26(33)25(27(34)18-24)13-14-31(37,38)39/h5-18H,2-4H2,1H3/b14-13+. The van der Waals surface area contributed by atoms with Crippen molar-refractivity contribution in [1.82, 2.24) is 0 Å². The minimum Gasteiger partial charge on any atom is -0.429 e. The van der Waals surface area contributed by atoms with E-state index in [9.17, 15) is 39.5 Å². The molecular weight excluding hydrogens is 571 g/mol. The number of halogens is 9. The molecule has 0 fully saturated rings. The zero-order chi connectivity index (χ0) is 30.7. The average Bonchev–Trinajstić information content (AvgIpc) is 2.90. The van der Waals surface area contributed by atoms with Crippen molar-refractivity contribution in [3.63, 3.8) is 0 Å². The van der Waals surface area contributed by atoms with E-state index < -0.39 is 58.5 Å². The minimum atomic E-state index is -4.88. The van der Waals surface area contributed by atoms with Gasteiger partial charge in [-0.2, -0.15) is 22.0 Å². The van der Waals surface area contributed by atoms with Crippen LogP contribution in [0.1, 0.15) is 36.5 Å². The van der Waals surface area contributed by atoms with Crippen molar-refractivity contribution in [1.29, 1.82) is 0 Å². The summed E-state index contributed by atoms with van der Waals surface area (Å²) in [7, 11) is 0. The predicted molar refractivity (Wildman–Crippen MR) is 142 cm³/mol. The fourth-order valence-electron chi connectivity index (χ4n) is 4.27. The molecule has 0 saturated heterocycles. The van der Waals surface area contributed by atoms with Gasteiger partial charge < -0.3 is 4.74 Å². The normalized spacial score (nSPS) is 12.2. The Balaban J connectivity index is 1.55. The predicted octanol–water partition coefficient (Wildman–Crippen LogP) is 10.6. The lowest BCUT2D eigenvalue weighted by Crippen LogP contribution is -2.25. The molecule has 0 spiro atoms. The van der Waals surface area contributed by atoms with Gasteiger partial charge in [0.1, 0.15) is 34.6 Å². The van der Waals surface area contributed by atoms with Gasteiger partial charge in [0.05, 0.1) is 0 Å². The fourth-order valence-corrected chi connectivity index (χ4v) is 4.27. The molecule has 0 aliphatic rings. The quantitative estimate of drug-likeness (QED) is 0.175. The zero-order valence-corrected chi connectivity index (χ0v) is 22.0. The molecule has 0 radical (unpaired) electrons. The van der Waals surface area contributed by atoms with Gasteiger partial charge in [-0.05, 0) is 58.9 Å². The summed E-state index contributed by atoms with van der Waals surface area (Å²) in [6.07, 6.45) is -6.87. The van der Waals surface area contributed by atoms with E-state index in [2.05, 4.69) is 11.7 Å². The van der Waals surface area contributed by atoms with Crippen LogP contribution in [0.5, 0.6) is 5.75 Å². The first kappa shape index (κ1) is 30.7. The summed E-state index contributed by atoms with van der Waals surface area (Å²) >= 11 is 0. The van der Waals surface area contributed by atoms with Crippen LogP contribution in [-0.4, -0.2) is 6.18 Å². The molecule has 42 heavy (non-hydrogen) atoms. The number of aryl methyl sites for hydroxylation is 1. The molecule has 4 rings (SSSR count). The van der Waals surface area contributed by atoms with Crippen LogP contribution in [0.25, 0.3) is 28.3 Å². The molecule has 4 aromatic rings. The van der Waals surface area contributed by atoms with Gasteiger partial charge in [-0.15, -0.1) is 0 Å². The van der Waals surface area contributed by atoms with E-state index in [1.165, 1.54) is 5.56 Å². The number of benzene rings is 4. The van der Waals surface area contributed by atoms with Gasteiger partial charge in [0.25, 0.3) is 0 Å². The lowest BCUT2D eigenvalue weighted by molar-refractivity contribution is -0.189. The second-order valence-corrected chi connectivity index (χ2v) is 9.49. The molecule has 0 amide bonds. The molecule has 0 aliphatic carbocycles. The third kappa shape index (κ3) is 7.35. The molecule has 0 heterocycles. The minimum absolute atomic E-state index is 0.0519. The Morgan fingerprint density at radius 3 is 1.60 bits per heavy atom. The molecule has 0 saturated carbocycles. The largest absolute Gasteiger partial charge is 0.432 e. The summed E-state index contributed by atoms with van der Waals surface area (Å²) in [5.41, 5.74) is 0.255. The van der Waals surface area contributed by atoms with E-state index in [1.807, 2.05) is 24.3 Å². The highest BCUT2D eigenvalue weighted by Crippen LogP contribution is 2.38. The summed E-state index contributed by atoms with van der Waals surface area (Å²) < 4.78 is 129. The van der Waals surface area contributed by atoms with E-state index in [-0.39, 0.29) is 23.8 Å². The van der Waals surface area contributed by atoms with Gasteiger partial charge in [0.15, 0.2) is 0 Å². The van der Waals surface area contributed by atoms with Crippen molar-refractivity contribution in [2.75, 3.05) is 0 Å².